The number of carbonyl (C=O) groups excluding carboxylic acids is 2. The van der Waals surface area contributed by atoms with Crippen molar-refractivity contribution in [2.24, 2.45) is 0 Å². The number of piperidine rings is 1. The summed E-state index contributed by atoms with van der Waals surface area (Å²) in [5.74, 6) is -0.00702. The maximum Gasteiger partial charge on any atom is 0.508 e. The number of hydrogen-bond acceptors (Lipinski definition) is 6. The molecule has 1 aromatic carbocycles. The van der Waals surface area contributed by atoms with Gasteiger partial charge in [0.25, 0.3) is 0 Å². The van der Waals surface area contributed by atoms with Crippen molar-refractivity contribution in [3.8, 4) is 5.75 Å². The number of alkyl halides is 3. The molecule has 0 saturated carbocycles. The summed E-state index contributed by atoms with van der Waals surface area (Å²) >= 11 is 0. The first-order valence-electron chi connectivity index (χ1n) is 8.09. The Balaban J connectivity index is 1.76. The Morgan fingerprint density at radius 3 is 2.81 bits per heavy atom. The van der Waals surface area contributed by atoms with Crippen molar-refractivity contribution < 1.29 is 37.0 Å². The van der Waals surface area contributed by atoms with Gasteiger partial charge in [-0.3, -0.25) is 9.69 Å². The zero-order valence-corrected chi connectivity index (χ0v) is 14.3. The Morgan fingerprint density at radius 1 is 1.35 bits per heavy atom. The van der Waals surface area contributed by atoms with Crippen LogP contribution in [0.2, 0.25) is 0 Å². The first-order chi connectivity index (χ1) is 12.3. The van der Waals surface area contributed by atoms with Crippen molar-refractivity contribution in [1.82, 2.24) is 4.90 Å². The molecular weight excluding hydrogens is 355 g/mol. The van der Waals surface area contributed by atoms with Gasteiger partial charge >= 0.3 is 12.3 Å². The van der Waals surface area contributed by atoms with E-state index in [2.05, 4.69) is 4.74 Å². The fourth-order valence-electron chi connectivity index (χ4n) is 2.57. The maximum atomic E-state index is 12.6. The van der Waals surface area contributed by atoms with E-state index < -0.39 is 24.0 Å². The van der Waals surface area contributed by atoms with Crippen molar-refractivity contribution in [3.05, 3.63) is 29.8 Å². The molecule has 144 valence electrons. The predicted octanol–water partition coefficient (Wildman–Crippen LogP) is 2.90. The van der Waals surface area contributed by atoms with E-state index in [1.54, 1.807) is 0 Å². The van der Waals surface area contributed by atoms with Crippen LogP contribution in [0.5, 0.6) is 5.75 Å². The minimum atomic E-state index is -4.41. The molecule has 0 N–H and O–H groups in total. The molecule has 0 amide bonds. The predicted molar refractivity (Wildman–Crippen MR) is 84.9 cm³/mol. The summed E-state index contributed by atoms with van der Waals surface area (Å²) in [7, 11) is 1.17. The monoisotopic (exact) mass is 375 g/mol. The second-order valence-electron chi connectivity index (χ2n) is 5.81. The Kier molecular flexibility index (Phi) is 6.84. The molecule has 2 rings (SSSR count). The van der Waals surface area contributed by atoms with Crippen molar-refractivity contribution in [2.45, 2.75) is 25.1 Å². The molecule has 1 aliphatic heterocycles. The largest absolute Gasteiger partial charge is 0.508 e. The van der Waals surface area contributed by atoms with Gasteiger partial charge in [0, 0.05) is 26.1 Å². The highest BCUT2D eigenvalue weighted by Crippen LogP contribution is 2.31. The summed E-state index contributed by atoms with van der Waals surface area (Å²) in [6, 6.07) is 4.71. The molecule has 0 aromatic heterocycles. The molecule has 26 heavy (non-hydrogen) atoms. The number of ketones is 1. The number of methoxy groups -OCH3 is 1. The minimum Gasteiger partial charge on any atom is -0.494 e. The van der Waals surface area contributed by atoms with Crippen LogP contribution in [0.1, 0.15) is 18.4 Å². The average Bonchev–Trinajstić information content (AvgIpc) is 2.60. The van der Waals surface area contributed by atoms with Crippen molar-refractivity contribution >= 4 is 11.9 Å². The fraction of sp³-hybridized carbons (Fsp3) is 0.529. The standard InChI is InChI=1S/C17H20F3NO5/c1-24-16(23)26-15-11-21(8-6-14(15)22)7-3-9-25-13-5-2-4-12(10-13)17(18,19)20/h2,4-5,10,15H,3,6-9,11H2,1H3. The molecule has 0 radical (unpaired) electrons. The van der Waals surface area contributed by atoms with E-state index in [0.29, 0.717) is 19.5 Å². The Labute approximate surface area is 148 Å². The van der Waals surface area contributed by atoms with Crippen LogP contribution in [0.25, 0.3) is 0 Å². The van der Waals surface area contributed by atoms with Crippen LogP contribution in [-0.2, 0) is 20.4 Å². The summed E-state index contributed by atoms with van der Waals surface area (Å²) in [5.41, 5.74) is -0.757. The van der Waals surface area contributed by atoms with Gasteiger partial charge in [-0.2, -0.15) is 13.2 Å². The number of halogens is 3. The second kappa shape index (κ2) is 8.88. The van der Waals surface area contributed by atoms with Gasteiger partial charge < -0.3 is 14.2 Å². The van der Waals surface area contributed by atoms with E-state index in [-0.39, 0.29) is 31.1 Å². The zero-order valence-electron chi connectivity index (χ0n) is 14.3. The lowest BCUT2D eigenvalue weighted by Gasteiger charge is -2.30. The summed E-state index contributed by atoms with van der Waals surface area (Å²) in [4.78, 5) is 24.8. The molecule has 6 nitrogen and oxygen atoms in total. The molecule has 0 aliphatic carbocycles. The molecule has 1 unspecified atom stereocenters. The quantitative estimate of drug-likeness (QED) is 0.563. The number of benzene rings is 1. The number of nitrogens with zero attached hydrogens (tertiary/aromatic N) is 1. The molecule has 1 saturated heterocycles. The van der Waals surface area contributed by atoms with E-state index in [9.17, 15) is 22.8 Å². The Bertz CT molecular complexity index is 635. The van der Waals surface area contributed by atoms with Crippen LogP contribution in [0.15, 0.2) is 24.3 Å². The average molecular weight is 375 g/mol. The summed E-state index contributed by atoms with van der Waals surface area (Å²) < 4.78 is 52.6. The molecule has 1 aromatic rings. The van der Waals surface area contributed by atoms with Gasteiger partial charge in [0.05, 0.1) is 19.3 Å². The third-order valence-electron chi connectivity index (χ3n) is 3.91. The van der Waals surface area contributed by atoms with E-state index in [1.165, 1.54) is 19.2 Å². The molecule has 1 atom stereocenters. The lowest BCUT2D eigenvalue weighted by Crippen LogP contribution is -2.46. The topological polar surface area (TPSA) is 65.1 Å². The highest BCUT2D eigenvalue weighted by atomic mass is 19.4. The highest BCUT2D eigenvalue weighted by Gasteiger charge is 2.31. The van der Waals surface area contributed by atoms with Crippen LogP contribution in [0, 0.1) is 0 Å². The first-order valence-corrected chi connectivity index (χ1v) is 8.09. The molecule has 1 fully saturated rings. The summed E-state index contributed by atoms with van der Waals surface area (Å²) in [5, 5.41) is 0. The number of hydrogen-bond donors (Lipinski definition) is 0. The van der Waals surface area contributed by atoms with Crippen LogP contribution in [-0.4, -0.2) is 56.3 Å². The van der Waals surface area contributed by atoms with Gasteiger partial charge in [0.15, 0.2) is 11.9 Å². The Hall–Kier alpha value is -2.29. The van der Waals surface area contributed by atoms with Crippen LogP contribution < -0.4 is 4.74 Å². The zero-order chi connectivity index (χ0) is 19.2. The number of Topliss-reactive ketones (excluding diaryl/α,β-unsaturated/α-hetero) is 1. The SMILES string of the molecule is COC(=O)OC1CN(CCCOc2cccc(C(F)(F)F)c2)CCC1=O. The van der Waals surface area contributed by atoms with Gasteiger partial charge in [-0.25, -0.2) is 4.79 Å². The third kappa shape index (κ3) is 5.91. The minimum absolute atomic E-state index is 0.153. The molecule has 0 spiro atoms. The molecule has 1 heterocycles. The smallest absolute Gasteiger partial charge is 0.494 e. The van der Waals surface area contributed by atoms with E-state index in [0.717, 1.165) is 12.1 Å². The van der Waals surface area contributed by atoms with E-state index in [4.69, 9.17) is 9.47 Å². The van der Waals surface area contributed by atoms with E-state index >= 15 is 0 Å². The van der Waals surface area contributed by atoms with Gasteiger partial charge in [0.1, 0.15) is 5.75 Å². The third-order valence-corrected chi connectivity index (χ3v) is 3.91. The number of carbonyl (C=O) groups is 2. The Morgan fingerprint density at radius 2 is 2.12 bits per heavy atom. The van der Waals surface area contributed by atoms with Crippen molar-refractivity contribution in [3.63, 3.8) is 0 Å². The van der Waals surface area contributed by atoms with Gasteiger partial charge in [-0.05, 0) is 24.6 Å². The van der Waals surface area contributed by atoms with E-state index in [1.807, 2.05) is 4.90 Å². The normalized spacial score (nSPS) is 18.5. The van der Waals surface area contributed by atoms with Crippen molar-refractivity contribution in [2.75, 3.05) is 33.4 Å². The highest BCUT2D eigenvalue weighted by molar-refractivity contribution is 5.85. The molecule has 9 heteroatoms. The molecule has 1 aliphatic rings. The lowest BCUT2D eigenvalue weighted by molar-refractivity contribution is -0.137. The maximum absolute atomic E-state index is 12.6. The first kappa shape index (κ1) is 20.0. The van der Waals surface area contributed by atoms with Crippen LogP contribution in [0.3, 0.4) is 0 Å². The van der Waals surface area contributed by atoms with Gasteiger partial charge in [-0.1, -0.05) is 6.07 Å². The molecular formula is C17H20F3NO5. The van der Waals surface area contributed by atoms with Gasteiger partial charge in [0.2, 0.25) is 0 Å². The van der Waals surface area contributed by atoms with Crippen molar-refractivity contribution in [1.29, 1.82) is 0 Å². The number of ether oxygens (including phenoxy) is 3. The summed E-state index contributed by atoms with van der Waals surface area (Å²) in [6.07, 6.45) is -5.36. The summed E-state index contributed by atoms with van der Waals surface area (Å²) in [6.45, 7) is 1.59. The van der Waals surface area contributed by atoms with Gasteiger partial charge in [-0.15, -0.1) is 0 Å². The van der Waals surface area contributed by atoms with Crippen LogP contribution >= 0.6 is 0 Å². The number of rotatable bonds is 6. The lowest BCUT2D eigenvalue weighted by atomic mass is 10.1. The number of likely N-dealkylation sites (tertiary alicyclic amines) is 1. The molecule has 0 bridgehead atoms. The fourth-order valence-corrected chi connectivity index (χ4v) is 2.57. The van der Waals surface area contributed by atoms with Crippen LogP contribution in [0.4, 0.5) is 18.0 Å². The second-order valence-corrected chi connectivity index (χ2v) is 5.81.